The molecule has 0 aromatic carbocycles. The smallest absolute Gasteiger partial charge is 0.230 e. The molecule has 1 aliphatic heterocycles. The highest BCUT2D eigenvalue weighted by atomic mass is 32.1. The first kappa shape index (κ1) is 16.5. The van der Waals surface area contributed by atoms with Crippen LogP contribution in [0.15, 0.2) is 17.5 Å². The topological polar surface area (TPSA) is 32.3 Å². The predicted molar refractivity (Wildman–Crippen MR) is 89.4 cm³/mol. The van der Waals surface area contributed by atoms with Gasteiger partial charge >= 0.3 is 0 Å². The van der Waals surface area contributed by atoms with Crippen molar-refractivity contribution in [1.29, 1.82) is 0 Å². The van der Waals surface area contributed by atoms with Crippen LogP contribution >= 0.6 is 11.3 Å². The molecule has 4 heteroatoms. The van der Waals surface area contributed by atoms with Gasteiger partial charge < -0.3 is 10.2 Å². The zero-order chi connectivity index (χ0) is 15.3. The second-order valence-corrected chi connectivity index (χ2v) is 7.45. The zero-order valence-corrected chi connectivity index (χ0v) is 14.3. The standard InChI is InChI=1S/C17H28N2OS/c1-4-8-17(9-6-10-18-13-17)16(20)19(14(2)3)12-15-7-5-11-21-15/h5,7,11,14,18H,4,6,8-10,12-13H2,1-3H3. The van der Waals surface area contributed by atoms with Gasteiger partial charge in [-0.15, -0.1) is 11.3 Å². The summed E-state index contributed by atoms with van der Waals surface area (Å²) >= 11 is 1.74. The molecule has 0 spiro atoms. The Balaban J connectivity index is 2.18. The van der Waals surface area contributed by atoms with Gasteiger partial charge in [0.15, 0.2) is 0 Å². The van der Waals surface area contributed by atoms with E-state index in [-0.39, 0.29) is 11.5 Å². The van der Waals surface area contributed by atoms with E-state index < -0.39 is 0 Å². The highest BCUT2D eigenvalue weighted by Crippen LogP contribution is 2.35. The molecular weight excluding hydrogens is 280 g/mol. The van der Waals surface area contributed by atoms with Gasteiger partial charge in [-0.1, -0.05) is 19.4 Å². The third kappa shape index (κ3) is 3.86. The Labute approximate surface area is 132 Å². The number of piperidine rings is 1. The lowest BCUT2D eigenvalue weighted by atomic mass is 9.75. The highest BCUT2D eigenvalue weighted by molar-refractivity contribution is 7.09. The lowest BCUT2D eigenvalue weighted by molar-refractivity contribution is -0.146. The van der Waals surface area contributed by atoms with Gasteiger partial charge in [0.2, 0.25) is 5.91 Å². The quantitative estimate of drug-likeness (QED) is 0.870. The molecule has 2 rings (SSSR count). The average Bonchev–Trinajstić information content (AvgIpc) is 2.98. The van der Waals surface area contributed by atoms with E-state index in [0.29, 0.717) is 5.91 Å². The normalized spacial score (nSPS) is 22.5. The van der Waals surface area contributed by atoms with Gasteiger partial charge in [-0.05, 0) is 51.1 Å². The molecule has 0 radical (unpaired) electrons. The number of hydrogen-bond acceptors (Lipinski definition) is 3. The molecule has 21 heavy (non-hydrogen) atoms. The Bertz CT molecular complexity index is 430. The number of rotatable bonds is 6. The number of thiophene rings is 1. The van der Waals surface area contributed by atoms with Crippen LogP contribution in [-0.4, -0.2) is 29.9 Å². The van der Waals surface area contributed by atoms with Crippen molar-refractivity contribution in [3.63, 3.8) is 0 Å². The van der Waals surface area contributed by atoms with E-state index in [4.69, 9.17) is 0 Å². The summed E-state index contributed by atoms with van der Waals surface area (Å²) in [6.07, 6.45) is 4.20. The van der Waals surface area contributed by atoms with Crippen molar-refractivity contribution in [3.05, 3.63) is 22.4 Å². The number of carbonyl (C=O) groups excluding carboxylic acids is 1. The van der Waals surface area contributed by atoms with E-state index in [0.717, 1.165) is 45.3 Å². The van der Waals surface area contributed by atoms with Gasteiger partial charge in [0.05, 0.1) is 12.0 Å². The monoisotopic (exact) mass is 308 g/mol. The molecule has 0 saturated carbocycles. The van der Waals surface area contributed by atoms with Crippen LogP contribution in [0.2, 0.25) is 0 Å². The molecule has 1 unspecified atom stereocenters. The second-order valence-electron chi connectivity index (χ2n) is 6.42. The Morgan fingerprint density at radius 1 is 1.52 bits per heavy atom. The molecule has 1 aliphatic rings. The number of hydrogen-bond donors (Lipinski definition) is 1. The van der Waals surface area contributed by atoms with Gasteiger partial charge in [-0.2, -0.15) is 0 Å². The van der Waals surface area contributed by atoms with Gasteiger partial charge in [0.25, 0.3) is 0 Å². The molecule has 118 valence electrons. The minimum atomic E-state index is -0.186. The maximum atomic E-state index is 13.3. The summed E-state index contributed by atoms with van der Waals surface area (Å²) in [6, 6.07) is 4.43. The van der Waals surface area contributed by atoms with Crippen LogP contribution in [0.5, 0.6) is 0 Å². The van der Waals surface area contributed by atoms with Crippen molar-refractivity contribution in [2.45, 2.75) is 59.0 Å². The molecule has 1 N–H and O–H groups in total. The fourth-order valence-electron chi connectivity index (χ4n) is 3.31. The lowest BCUT2D eigenvalue weighted by Crippen LogP contribution is -2.53. The Morgan fingerprint density at radius 2 is 2.33 bits per heavy atom. The number of carbonyl (C=O) groups is 1. The first-order chi connectivity index (χ1) is 10.1. The van der Waals surface area contributed by atoms with E-state index in [9.17, 15) is 4.79 Å². The van der Waals surface area contributed by atoms with Gasteiger partial charge in [-0.25, -0.2) is 0 Å². The Hall–Kier alpha value is -0.870. The number of amides is 1. The summed E-state index contributed by atoms with van der Waals surface area (Å²) in [6.45, 7) is 9.07. The molecule has 1 aromatic heterocycles. The summed E-state index contributed by atoms with van der Waals surface area (Å²) < 4.78 is 0. The van der Waals surface area contributed by atoms with Crippen molar-refractivity contribution in [3.8, 4) is 0 Å². The first-order valence-electron chi connectivity index (χ1n) is 8.13. The van der Waals surface area contributed by atoms with Crippen LogP contribution in [0, 0.1) is 5.41 Å². The summed E-state index contributed by atoms with van der Waals surface area (Å²) in [5, 5.41) is 5.53. The second kappa shape index (κ2) is 7.41. The van der Waals surface area contributed by atoms with Crippen molar-refractivity contribution in [2.75, 3.05) is 13.1 Å². The Kier molecular flexibility index (Phi) is 5.82. The summed E-state index contributed by atoms with van der Waals surface area (Å²) in [5.41, 5.74) is -0.186. The third-order valence-electron chi connectivity index (χ3n) is 4.44. The van der Waals surface area contributed by atoms with E-state index >= 15 is 0 Å². The highest BCUT2D eigenvalue weighted by Gasteiger charge is 2.41. The number of nitrogens with zero attached hydrogens (tertiary/aromatic N) is 1. The van der Waals surface area contributed by atoms with E-state index in [1.54, 1.807) is 11.3 Å². The fourth-order valence-corrected chi connectivity index (χ4v) is 4.02. The largest absolute Gasteiger partial charge is 0.335 e. The van der Waals surface area contributed by atoms with Crippen molar-refractivity contribution in [2.24, 2.45) is 5.41 Å². The molecule has 1 saturated heterocycles. The van der Waals surface area contributed by atoms with E-state index in [2.05, 4.69) is 48.5 Å². The zero-order valence-electron chi connectivity index (χ0n) is 13.5. The first-order valence-corrected chi connectivity index (χ1v) is 9.01. The SMILES string of the molecule is CCCC1(C(=O)N(Cc2cccs2)C(C)C)CCCNC1. The minimum Gasteiger partial charge on any atom is -0.335 e. The summed E-state index contributed by atoms with van der Waals surface area (Å²) in [4.78, 5) is 16.6. The molecule has 1 atom stereocenters. The van der Waals surface area contributed by atoms with Gasteiger partial charge in [-0.3, -0.25) is 4.79 Å². The molecule has 3 nitrogen and oxygen atoms in total. The van der Waals surface area contributed by atoms with Crippen LogP contribution < -0.4 is 5.32 Å². The predicted octanol–water partition coefficient (Wildman–Crippen LogP) is 3.66. The van der Waals surface area contributed by atoms with Gasteiger partial charge in [0.1, 0.15) is 0 Å². The molecule has 0 aliphatic carbocycles. The van der Waals surface area contributed by atoms with Crippen LogP contribution in [0.25, 0.3) is 0 Å². The minimum absolute atomic E-state index is 0.186. The van der Waals surface area contributed by atoms with Crippen molar-refractivity contribution < 1.29 is 4.79 Å². The van der Waals surface area contributed by atoms with Gasteiger partial charge in [0, 0.05) is 17.5 Å². The average molecular weight is 308 g/mol. The molecule has 1 aromatic rings. The van der Waals surface area contributed by atoms with E-state index in [1.165, 1.54) is 4.88 Å². The molecular formula is C17H28N2OS. The maximum Gasteiger partial charge on any atom is 0.230 e. The summed E-state index contributed by atoms with van der Waals surface area (Å²) in [5.74, 6) is 0.347. The molecule has 0 bridgehead atoms. The van der Waals surface area contributed by atoms with Crippen molar-refractivity contribution >= 4 is 17.2 Å². The molecule has 2 heterocycles. The number of nitrogens with one attached hydrogen (secondary N) is 1. The molecule has 1 amide bonds. The summed E-state index contributed by atoms with van der Waals surface area (Å²) in [7, 11) is 0. The maximum absolute atomic E-state index is 13.3. The fraction of sp³-hybridized carbons (Fsp3) is 0.706. The van der Waals surface area contributed by atoms with Crippen LogP contribution in [0.4, 0.5) is 0 Å². The lowest BCUT2D eigenvalue weighted by Gasteiger charge is -2.41. The molecule has 1 fully saturated rings. The third-order valence-corrected chi connectivity index (χ3v) is 5.31. The Morgan fingerprint density at radius 3 is 2.86 bits per heavy atom. The van der Waals surface area contributed by atoms with E-state index in [1.807, 2.05) is 0 Å². The van der Waals surface area contributed by atoms with Crippen LogP contribution in [0.3, 0.4) is 0 Å². The van der Waals surface area contributed by atoms with Crippen LogP contribution in [0.1, 0.15) is 51.3 Å². The van der Waals surface area contributed by atoms with Crippen LogP contribution in [-0.2, 0) is 11.3 Å². The van der Waals surface area contributed by atoms with Crippen molar-refractivity contribution in [1.82, 2.24) is 10.2 Å².